The molecule has 0 aromatic heterocycles. The first-order valence-electron chi connectivity index (χ1n) is 2.34. The molecular formula is C5H8BrNO2. The van der Waals surface area contributed by atoms with Crippen molar-refractivity contribution in [2.75, 3.05) is 13.7 Å². The van der Waals surface area contributed by atoms with Gasteiger partial charge in [0.1, 0.15) is 6.61 Å². The SMILES string of the molecule is C=C(Br)COC(=O)NC. The molecule has 0 atom stereocenters. The molecule has 1 amide bonds. The van der Waals surface area contributed by atoms with Crippen LogP contribution in [0.4, 0.5) is 4.79 Å². The van der Waals surface area contributed by atoms with Crippen molar-refractivity contribution in [3.63, 3.8) is 0 Å². The predicted octanol–water partition coefficient (Wildman–Crippen LogP) is 1.25. The Bertz CT molecular complexity index is 124. The van der Waals surface area contributed by atoms with Gasteiger partial charge in [-0.05, 0) is 0 Å². The van der Waals surface area contributed by atoms with Gasteiger partial charge in [-0.15, -0.1) is 0 Å². The maximum atomic E-state index is 10.3. The van der Waals surface area contributed by atoms with Gasteiger partial charge in [0.25, 0.3) is 0 Å². The van der Waals surface area contributed by atoms with Crippen LogP contribution < -0.4 is 5.32 Å². The summed E-state index contributed by atoms with van der Waals surface area (Å²) in [7, 11) is 1.50. The molecule has 1 N–H and O–H groups in total. The summed E-state index contributed by atoms with van der Waals surface area (Å²) in [5.41, 5.74) is 0. The van der Waals surface area contributed by atoms with Crippen LogP contribution in [0.1, 0.15) is 0 Å². The van der Waals surface area contributed by atoms with E-state index < -0.39 is 6.09 Å². The summed E-state index contributed by atoms with van der Waals surface area (Å²) in [6, 6.07) is 0. The second-order valence-corrected chi connectivity index (χ2v) is 2.46. The highest BCUT2D eigenvalue weighted by atomic mass is 79.9. The number of ether oxygens (including phenoxy) is 1. The van der Waals surface area contributed by atoms with E-state index in [0.29, 0.717) is 4.48 Å². The molecule has 0 aliphatic carbocycles. The van der Waals surface area contributed by atoms with Crippen molar-refractivity contribution in [3.8, 4) is 0 Å². The van der Waals surface area contributed by atoms with Gasteiger partial charge in [0.2, 0.25) is 0 Å². The van der Waals surface area contributed by atoms with Gasteiger partial charge in [-0.2, -0.15) is 0 Å². The minimum absolute atomic E-state index is 0.208. The number of halogens is 1. The summed E-state index contributed by atoms with van der Waals surface area (Å²) in [6.07, 6.45) is -0.449. The fourth-order valence-corrected chi connectivity index (χ4v) is 0.330. The number of hydrogen-bond acceptors (Lipinski definition) is 2. The van der Waals surface area contributed by atoms with Crippen LogP contribution in [0, 0.1) is 0 Å². The minimum atomic E-state index is -0.449. The molecule has 0 unspecified atom stereocenters. The zero-order valence-electron chi connectivity index (χ0n) is 5.11. The maximum Gasteiger partial charge on any atom is 0.407 e. The molecule has 0 aliphatic heterocycles. The summed E-state index contributed by atoms with van der Waals surface area (Å²) in [6.45, 7) is 3.68. The third-order valence-electron chi connectivity index (χ3n) is 0.564. The molecule has 0 aromatic rings. The summed E-state index contributed by atoms with van der Waals surface area (Å²) in [4.78, 5) is 10.3. The van der Waals surface area contributed by atoms with Crippen LogP contribution in [-0.4, -0.2) is 19.7 Å². The molecule has 0 fully saturated rings. The molecule has 0 radical (unpaired) electrons. The first-order chi connectivity index (χ1) is 4.16. The van der Waals surface area contributed by atoms with Crippen molar-refractivity contribution in [2.45, 2.75) is 0 Å². The smallest absolute Gasteiger partial charge is 0.407 e. The molecule has 0 spiro atoms. The number of rotatable bonds is 2. The Balaban J connectivity index is 3.28. The molecule has 3 nitrogen and oxygen atoms in total. The number of amides is 1. The molecule has 9 heavy (non-hydrogen) atoms. The third-order valence-corrected chi connectivity index (χ3v) is 0.793. The normalized spacial score (nSPS) is 8.22. The van der Waals surface area contributed by atoms with Gasteiger partial charge in [-0.1, -0.05) is 22.5 Å². The second-order valence-electron chi connectivity index (χ2n) is 1.34. The zero-order valence-corrected chi connectivity index (χ0v) is 6.69. The quantitative estimate of drug-likeness (QED) is 0.718. The lowest BCUT2D eigenvalue weighted by Crippen LogP contribution is -2.19. The van der Waals surface area contributed by atoms with Crippen molar-refractivity contribution < 1.29 is 9.53 Å². The fourth-order valence-electron chi connectivity index (χ4n) is 0.216. The third kappa shape index (κ3) is 5.36. The summed E-state index contributed by atoms with van der Waals surface area (Å²) in [5.74, 6) is 0. The van der Waals surface area contributed by atoms with Crippen LogP contribution in [0.5, 0.6) is 0 Å². The van der Waals surface area contributed by atoms with Gasteiger partial charge in [0.05, 0.1) is 0 Å². The van der Waals surface area contributed by atoms with Crippen molar-refractivity contribution >= 4 is 22.0 Å². The lowest BCUT2D eigenvalue weighted by atomic mass is 10.7. The van der Waals surface area contributed by atoms with Crippen molar-refractivity contribution in [1.29, 1.82) is 0 Å². The van der Waals surface area contributed by atoms with Crippen molar-refractivity contribution in [2.24, 2.45) is 0 Å². The number of carbonyl (C=O) groups is 1. The number of nitrogens with one attached hydrogen (secondary N) is 1. The lowest BCUT2D eigenvalue weighted by Gasteiger charge is -1.99. The molecule has 0 aliphatic rings. The van der Waals surface area contributed by atoms with Gasteiger partial charge >= 0.3 is 6.09 Å². The van der Waals surface area contributed by atoms with Gasteiger partial charge in [-0.3, -0.25) is 0 Å². The van der Waals surface area contributed by atoms with E-state index in [-0.39, 0.29) is 6.61 Å². The molecule has 52 valence electrons. The van der Waals surface area contributed by atoms with Crippen LogP contribution in [-0.2, 0) is 4.74 Å². The Labute approximate surface area is 62.2 Å². The Morgan fingerprint density at radius 1 is 1.89 bits per heavy atom. The van der Waals surface area contributed by atoms with E-state index in [0.717, 1.165) is 0 Å². The molecule has 4 heteroatoms. The molecule has 0 bridgehead atoms. The average Bonchev–Trinajstić information content (AvgIpc) is 1.83. The van der Waals surface area contributed by atoms with E-state index in [9.17, 15) is 4.79 Å². The van der Waals surface area contributed by atoms with Crippen molar-refractivity contribution in [1.82, 2.24) is 5.32 Å². The highest BCUT2D eigenvalue weighted by molar-refractivity contribution is 9.11. The topological polar surface area (TPSA) is 38.3 Å². The highest BCUT2D eigenvalue weighted by Gasteiger charge is 1.95. The molecule has 0 heterocycles. The van der Waals surface area contributed by atoms with E-state index >= 15 is 0 Å². The molecule has 0 saturated carbocycles. The summed E-state index contributed by atoms with van der Waals surface area (Å²) < 4.78 is 5.20. The highest BCUT2D eigenvalue weighted by Crippen LogP contribution is 1.99. The number of carbonyl (C=O) groups excluding carboxylic acids is 1. The predicted molar refractivity (Wildman–Crippen MR) is 38.5 cm³/mol. The van der Waals surface area contributed by atoms with Crippen LogP contribution in [0.2, 0.25) is 0 Å². The summed E-state index contributed by atoms with van der Waals surface area (Å²) in [5, 5.41) is 2.30. The molecule has 0 aromatic carbocycles. The zero-order chi connectivity index (χ0) is 7.28. The Morgan fingerprint density at radius 3 is 2.78 bits per heavy atom. The Kier molecular flexibility index (Phi) is 4.13. The van der Waals surface area contributed by atoms with Crippen LogP contribution >= 0.6 is 15.9 Å². The van der Waals surface area contributed by atoms with E-state index in [4.69, 9.17) is 0 Å². The second kappa shape index (κ2) is 4.38. The van der Waals surface area contributed by atoms with Gasteiger partial charge in [0, 0.05) is 11.5 Å². The summed E-state index contributed by atoms with van der Waals surface area (Å²) >= 11 is 3.03. The number of hydrogen-bond donors (Lipinski definition) is 1. The maximum absolute atomic E-state index is 10.3. The lowest BCUT2D eigenvalue weighted by molar-refractivity contribution is 0.160. The standard InChI is InChI=1S/C5H8BrNO2/c1-4(6)3-9-5(8)7-2/h1,3H2,2H3,(H,7,8). The Hall–Kier alpha value is -0.510. The van der Waals surface area contributed by atoms with E-state index in [1.54, 1.807) is 0 Å². The van der Waals surface area contributed by atoms with Crippen LogP contribution in [0.25, 0.3) is 0 Å². The molecule has 0 saturated heterocycles. The van der Waals surface area contributed by atoms with E-state index in [1.165, 1.54) is 7.05 Å². The van der Waals surface area contributed by atoms with E-state index in [2.05, 4.69) is 32.6 Å². The molecular weight excluding hydrogens is 186 g/mol. The number of alkyl carbamates (subject to hydrolysis) is 1. The van der Waals surface area contributed by atoms with Crippen molar-refractivity contribution in [3.05, 3.63) is 11.1 Å². The average molecular weight is 194 g/mol. The molecule has 0 rings (SSSR count). The van der Waals surface area contributed by atoms with Gasteiger partial charge in [-0.25, -0.2) is 4.79 Å². The first kappa shape index (κ1) is 8.49. The van der Waals surface area contributed by atoms with Crippen LogP contribution in [0.3, 0.4) is 0 Å². The monoisotopic (exact) mass is 193 g/mol. The van der Waals surface area contributed by atoms with Crippen LogP contribution in [0.15, 0.2) is 11.1 Å². The van der Waals surface area contributed by atoms with Gasteiger partial charge in [0.15, 0.2) is 0 Å². The van der Waals surface area contributed by atoms with Gasteiger partial charge < -0.3 is 10.1 Å². The Morgan fingerprint density at radius 2 is 2.44 bits per heavy atom. The van der Waals surface area contributed by atoms with E-state index in [1.807, 2.05) is 0 Å². The fraction of sp³-hybridized carbons (Fsp3) is 0.400. The minimum Gasteiger partial charge on any atom is -0.444 e. The largest absolute Gasteiger partial charge is 0.444 e. The first-order valence-corrected chi connectivity index (χ1v) is 3.14.